The number of hydrogen-bond acceptors (Lipinski definition) is 13. The molecule has 3 aliphatic rings. The molecule has 8 atom stereocenters. The molecule has 0 aromatic heterocycles. The van der Waals surface area contributed by atoms with Gasteiger partial charge in [0.25, 0.3) is 0 Å². The SMILES string of the molecule is CCC1CCCC12CCC(Oc1cc3c(cc1O)C(CCO)SSCC(O)C(Cc1cc(OC)c(O)c(OCO)c1)C(O)CC(OCO)CC3)C2. The van der Waals surface area contributed by atoms with Gasteiger partial charge in [-0.25, -0.2) is 0 Å². The van der Waals surface area contributed by atoms with E-state index in [1.165, 1.54) is 54.4 Å². The van der Waals surface area contributed by atoms with Gasteiger partial charge in [0.2, 0.25) is 5.75 Å². The van der Waals surface area contributed by atoms with E-state index < -0.39 is 37.8 Å². The van der Waals surface area contributed by atoms with E-state index in [2.05, 4.69) is 6.92 Å². The molecule has 11 nitrogen and oxygen atoms in total. The first-order valence-electron chi connectivity index (χ1n) is 18.3. The molecule has 0 radical (unpaired) electrons. The molecule has 1 heterocycles. The molecule has 0 saturated heterocycles. The van der Waals surface area contributed by atoms with Gasteiger partial charge in [0, 0.05) is 23.5 Å². The second kappa shape index (κ2) is 18.8. The van der Waals surface area contributed by atoms with Crippen molar-refractivity contribution in [2.75, 3.05) is 33.1 Å². The maximum atomic E-state index is 11.6. The first-order chi connectivity index (χ1) is 24.6. The van der Waals surface area contributed by atoms with Crippen LogP contribution in [0.3, 0.4) is 0 Å². The van der Waals surface area contributed by atoms with E-state index >= 15 is 0 Å². The number of rotatable bonds is 12. The normalized spacial score (nSPS) is 30.3. The Bertz CT molecular complexity index is 1410. The molecule has 5 rings (SSSR count). The Hall–Kier alpha value is -2.10. The highest BCUT2D eigenvalue weighted by molar-refractivity contribution is 8.76. The summed E-state index contributed by atoms with van der Waals surface area (Å²) in [7, 11) is 4.33. The average molecular weight is 753 g/mol. The van der Waals surface area contributed by atoms with Crippen LogP contribution in [-0.2, 0) is 17.6 Å². The second-order valence-corrected chi connectivity index (χ2v) is 17.0. The molecular weight excluding hydrogens is 697 g/mol. The van der Waals surface area contributed by atoms with Crippen molar-refractivity contribution in [1.82, 2.24) is 0 Å². The molecule has 2 aromatic rings. The van der Waals surface area contributed by atoms with Crippen LogP contribution in [-0.4, -0.2) is 93.2 Å². The molecule has 2 aromatic carbocycles. The summed E-state index contributed by atoms with van der Waals surface area (Å²) in [4.78, 5) is 0. The van der Waals surface area contributed by atoms with Crippen LogP contribution in [0.15, 0.2) is 24.3 Å². The van der Waals surface area contributed by atoms with Gasteiger partial charge in [-0.05, 0) is 116 Å². The zero-order valence-electron chi connectivity index (χ0n) is 29.7. The Kier molecular flexibility index (Phi) is 14.8. The number of methoxy groups -OCH3 is 1. The molecule has 7 N–H and O–H groups in total. The average Bonchev–Trinajstić information content (AvgIpc) is 3.72. The lowest BCUT2D eigenvalue weighted by Crippen LogP contribution is -2.38. The molecule has 2 aliphatic carbocycles. The molecule has 0 amide bonds. The highest BCUT2D eigenvalue weighted by Crippen LogP contribution is 2.56. The van der Waals surface area contributed by atoms with E-state index in [9.17, 15) is 35.7 Å². The minimum Gasteiger partial charge on any atom is -0.504 e. The summed E-state index contributed by atoms with van der Waals surface area (Å²) < 4.78 is 22.8. The smallest absolute Gasteiger partial charge is 0.200 e. The summed E-state index contributed by atoms with van der Waals surface area (Å²) >= 11 is 0. The highest BCUT2D eigenvalue weighted by atomic mass is 33.1. The number of fused-ring (bicyclic) bond motifs is 1. The third kappa shape index (κ3) is 9.72. The van der Waals surface area contributed by atoms with Crippen molar-refractivity contribution in [3.8, 4) is 28.7 Å². The lowest BCUT2D eigenvalue weighted by molar-refractivity contribution is -0.0808. The molecular formula is C38H56O11S2. The predicted octanol–water partition coefficient (Wildman–Crippen LogP) is 5.62. The fourth-order valence-electron chi connectivity index (χ4n) is 8.78. The minimum absolute atomic E-state index is 0.0132. The number of aromatic hydroxyl groups is 2. The van der Waals surface area contributed by atoms with Crippen LogP contribution in [0.25, 0.3) is 0 Å². The standard InChI is InChI=1S/C38H56O11S2/c1-3-25-5-4-10-38(25)11-8-27(19-38)49-33-16-24-6-7-26(47-21-40)17-30(42)29(13-23-14-34(46-2)37(45)35(15-23)48-22-41)32(44)20-50-51-36(9-12-39)28(24)18-31(33)43/h14-16,18,25-27,29-30,32,36,39-45H,3-13,17,19-22H2,1-2H3. The highest BCUT2D eigenvalue weighted by Gasteiger charge is 2.47. The number of benzene rings is 2. The largest absolute Gasteiger partial charge is 0.504 e. The van der Waals surface area contributed by atoms with Gasteiger partial charge >= 0.3 is 0 Å². The summed E-state index contributed by atoms with van der Waals surface area (Å²) in [5.74, 6) is 0.698. The van der Waals surface area contributed by atoms with Gasteiger partial charge in [0.1, 0.15) is 6.79 Å². The van der Waals surface area contributed by atoms with Crippen molar-refractivity contribution in [1.29, 1.82) is 0 Å². The van der Waals surface area contributed by atoms with Crippen LogP contribution in [0.4, 0.5) is 0 Å². The van der Waals surface area contributed by atoms with Gasteiger partial charge in [0.05, 0.1) is 31.5 Å². The van der Waals surface area contributed by atoms with Crippen molar-refractivity contribution in [3.05, 3.63) is 41.0 Å². The lowest BCUT2D eigenvalue weighted by atomic mass is 9.75. The third-order valence-corrected chi connectivity index (χ3v) is 14.3. The zero-order valence-corrected chi connectivity index (χ0v) is 31.4. The summed E-state index contributed by atoms with van der Waals surface area (Å²) in [6.45, 7) is 1.01. The van der Waals surface area contributed by atoms with Crippen molar-refractivity contribution < 1.29 is 54.7 Å². The van der Waals surface area contributed by atoms with Gasteiger partial charge in [0.15, 0.2) is 29.8 Å². The monoisotopic (exact) mass is 752 g/mol. The number of ether oxygens (including phenoxy) is 4. The number of aliphatic hydroxyl groups is 5. The van der Waals surface area contributed by atoms with Gasteiger partial charge in [-0.2, -0.15) is 0 Å². The van der Waals surface area contributed by atoms with Gasteiger partial charge < -0.3 is 54.7 Å². The van der Waals surface area contributed by atoms with E-state index in [0.29, 0.717) is 36.0 Å². The maximum Gasteiger partial charge on any atom is 0.200 e. The Balaban J connectivity index is 1.40. The first kappa shape index (κ1) is 40.1. The van der Waals surface area contributed by atoms with E-state index in [-0.39, 0.29) is 59.6 Å². The molecule has 0 bridgehead atoms. The van der Waals surface area contributed by atoms with Crippen molar-refractivity contribution >= 4 is 21.6 Å². The van der Waals surface area contributed by atoms with Gasteiger partial charge in [-0.15, -0.1) is 0 Å². The molecule has 2 fully saturated rings. The third-order valence-electron chi connectivity index (χ3n) is 11.4. The van der Waals surface area contributed by atoms with Crippen LogP contribution in [0, 0.1) is 17.3 Å². The number of aliphatic hydroxyl groups excluding tert-OH is 5. The molecule has 1 spiro atoms. The fraction of sp³-hybridized carbons (Fsp3) is 0.684. The van der Waals surface area contributed by atoms with Crippen LogP contribution >= 0.6 is 21.6 Å². The number of phenols is 2. The molecule has 286 valence electrons. The molecule has 8 unspecified atom stereocenters. The van der Waals surface area contributed by atoms with Crippen LogP contribution in [0.2, 0.25) is 0 Å². The van der Waals surface area contributed by atoms with Crippen LogP contribution in [0.5, 0.6) is 28.7 Å². The van der Waals surface area contributed by atoms with E-state index in [4.69, 9.17) is 18.9 Å². The van der Waals surface area contributed by atoms with E-state index in [1.807, 2.05) is 6.07 Å². The molecule has 2 saturated carbocycles. The summed E-state index contributed by atoms with van der Waals surface area (Å²) in [6.07, 6.45) is 7.26. The number of phenolic OH excluding ortho intramolecular Hbond substituents is 2. The summed E-state index contributed by atoms with van der Waals surface area (Å²) in [6, 6.07) is 6.82. The Morgan fingerprint density at radius 3 is 2.43 bits per heavy atom. The molecule has 51 heavy (non-hydrogen) atoms. The van der Waals surface area contributed by atoms with Crippen LogP contribution in [0.1, 0.15) is 93.1 Å². The van der Waals surface area contributed by atoms with E-state index in [1.54, 1.807) is 18.2 Å². The minimum atomic E-state index is -1.03. The topological polar surface area (TPSA) is 179 Å². The molecule has 1 aliphatic heterocycles. The van der Waals surface area contributed by atoms with Crippen molar-refractivity contribution in [2.45, 2.75) is 114 Å². The lowest BCUT2D eigenvalue weighted by Gasteiger charge is -2.31. The predicted molar refractivity (Wildman–Crippen MR) is 197 cm³/mol. The Labute approximate surface area is 309 Å². The maximum absolute atomic E-state index is 11.6. The quantitative estimate of drug-likeness (QED) is 0.105. The van der Waals surface area contributed by atoms with E-state index in [0.717, 1.165) is 36.3 Å². The van der Waals surface area contributed by atoms with Crippen molar-refractivity contribution in [3.63, 3.8) is 0 Å². The van der Waals surface area contributed by atoms with Gasteiger partial charge in [-0.3, -0.25) is 0 Å². The summed E-state index contributed by atoms with van der Waals surface area (Å²) in [5, 5.41) is 73.9. The van der Waals surface area contributed by atoms with Crippen LogP contribution < -0.4 is 14.2 Å². The second-order valence-electron chi connectivity index (χ2n) is 14.4. The fourth-order valence-corrected chi connectivity index (χ4v) is 11.7. The Morgan fingerprint density at radius 1 is 0.902 bits per heavy atom. The van der Waals surface area contributed by atoms with Crippen molar-refractivity contribution in [2.24, 2.45) is 17.3 Å². The first-order valence-corrected chi connectivity index (χ1v) is 20.7. The summed E-state index contributed by atoms with van der Waals surface area (Å²) in [5.41, 5.74) is 2.76. The Morgan fingerprint density at radius 2 is 1.71 bits per heavy atom. The number of aryl methyl sites for hydroxylation is 1. The number of hydrogen-bond donors (Lipinski definition) is 7. The molecule has 13 heteroatoms. The van der Waals surface area contributed by atoms with Gasteiger partial charge in [-0.1, -0.05) is 41.4 Å². The zero-order chi connectivity index (χ0) is 36.5.